The zero-order chi connectivity index (χ0) is 13.5. The minimum atomic E-state index is -0.436. The van der Waals surface area contributed by atoms with Crippen LogP contribution >= 0.6 is 0 Å². The highest BCUT2D eigenvalue weighted by Gasteiger charge is 2.23. The van der Waals surface area contributed by atoms with Gasteiger partial charge in [-0.3, -0.25) is 10.1 Å². The predicted molar refractivity (Wildman–Crippen MR) is 69.0 cm³/mol. The van der Waals surface area contributed by atoms with E-state index in [0.717, 1.165) is 12.8 Å². The summed E-state index contributed by atoms with van der Waals surface area (Å²) >= 11 is 0. The largest absolute Gasteiger partial charge is 0.459 e. The van der Waals surface area contributed by atoms with E-state index in [-0.39, 0.29) is 18.1 Å². The SMILES string of the molecule is CCCC(COC)NC(C)C(=O)OC(C)(C)C. The molecule has 1 N–H and O–H groups in total. The van der Waals surface area contributed by atoms with Crippen LogP contribution in [0.5, 0.6) is 0 Å². The average Bonchev–Trinajstić information content (AvgIpc) is 2.15. The number of hydrogen-bond acceptors (Lipinski definition) is 4. The molecule has 0 aromatic rings. The molecule has 4 nitrogen and oxygen atoms in total. The summed E-state index contributed by atoms with van der Waals surface area (Å²) in [4.78, 5) is 11.8. The van der Waals surface area contributed by atoms with E-state index in [0.29, 0.717) is 6.61 Å². The summed E-state index contributed by atoms with van der Waals surface area (Å²) in [6.45, 7) is 10.2. The van der Waals surface area contributed by atoms with Gasteiger partial charge >= 0.3 is 5.97 Å². The highest BCUT2D eigenvalue weighted by atomic mass is 16.6. The Morgan fingerprint density at radius 2 is 1.94 bits per heavy atom. The van der Waals surface area contributed by atoms with Crippen LogP contribution in [0, 0.1) is 0 Å². The fourth-order valence-electron chi connectivity index (χ4n) is 1.58. The first-order chi connectivity index (χ1) is 7.80. The molecule has 4 heteroatoms. The Kier molecular flexibility index (Phi) is 7.39. The van der Waals surface area contributed by atoms with Crippen LogP contribution in [0.25, 0.3) is 0 Å². The quantitative estimate of drug-likeness (QED) is 0.698. The van der Waals surface area contributed by atoms with Gasteiger partial charge in [-0.1, -0.05) is 13.3 Å². The van der Waals surface area contributed by atoms with Gasteiger partial charge in [0, 0.05) is 13.2 Å². The van der Waals surface area contributed by atoms with E-state index in [1.54, 1.807) is 7.11 Å². The van der Waals surface area contributed by atoms with Crippen molar-refractivity contribution in [2.75, 3.05) is 13.7 Å². The summed E-state index contributed by atoms with van der Waals surface area (Å²) in [5.74, 6) is -0.213. The predicted octanol–water partition coefficient (Wildman–Crippen LogP) is 2.12. The number of rotatable bonds is 7. The minimum Gasteiger partial charge on any atom is -0.459 e. The third kappa shape index (κ3) is 8.16. The molecule has 0 bridgehead atoms. The molecule has 0 aliphatic heterocycles. The third-order valence-electron chi connectivity index (χ3n) is 2.25. The lowest BCUT2D eigenvalue weighted by Crippen LogP contribution is -2.45. The smallest absolute Gasteiger partial charge is 0.323 e. The molecule has 0 spiro atoms. The summed E-state index contributed by atoms with van der Waals surface area (Å²) in [7, 11) is 1.67. The lowest BCUT2D eigenvalue weighted by atomic mass is 10.1. The van der Waals surface area contributed by atoms with Crippen molar-refractivity contribution in [2.24, 2.45) is 0 Å². The lowest BCUT2D eigenvalue weighted by molar-refractivity contribution is -0.157. The van der Waals surface area contributed by atoms with Crippen LogP contribution in [-0.4, -0.2) is 37.4 Å². The Balaban J connectivity index is 4.19. The van der Waals surface area contributed by atoms with E-state index in [1.807, 2.05) is 27.7 Å². The van der Waals surface area contributed by atoms with E-state index < -0.39 is 5.60 Å². The van der Waals surface area contributed by atoms with Crippen LogP contribution < -0.4 is 5.32 Å². The van der Waals surface area contributed by atoms with Crippen LogP contribution in [0.15, 0.2) is 0 Å². The molecule has 0 saturated heterocycles. The standard InChI is InChI=1S/C13H27NO3/c1-7-8-11(9-16-6)14-10(2)12(15)17-13(3,4)5/h10-11,14H,7-9H2,1-6H3. The molecule has 0 radical (unpaired) electrons. The molecule has 0 aliphatic carbocycles. The maximum absolute atomic E-state index is 11.8. The van der Waals surface area contributed by atoms with Gasteiger partial charge in [0.15, 0.2) is 0 Å². The van der Waals surface area contributed by atoms with Gasteiger partial charge in [0.05, 0.1) is 6.61 Å². The van der Waals surface area contributed by atoms with E-state index in [2.05, 4.69) is 12.2 Å². The first-order valence-corrected chi connectivity index (χ1v) is 6.28. The number of esters is 1. The minimum absolute atomic E-state index is 0.201. The number of nitrogens with one attached hydrogen (secondary N) is 1. The van der Waals surface area contributed by atoms with Crippen LogP contribution in [0.1, 0.15) is 47.5 Å². The summed E-state index contributed by atoms with van der Waals surface area (Å²) < 4.78 is 10.4. The van der Waals surface area contributed by atoms with Gasteiger partial charge in [0.25, 0.3) is 0 Å². The molecular formula is C13H27NO3. The molecule has 2 unspecified atom stereocenters. The van der Waals surface area contributed by atoms with Crippen LogP contribution in [0.3, 0.4) is 0 Å². The summed E-state index contributed by atoms with van der Waals surface area (Å²) in [5.41, 5.74) is -0.436. The van der Waals surface area contributed by atoms with Crippen LogP contribution in [0.4, 0.5) is 0 Å². The molecule has 0 rings (SSSR count). The first-order valence-electron chi connectivity index (χ1n) is 6.28. The van der Waals surface area contributed by atoms with Crippen molar-refractivity contribution in [3.63, 3.8) is 0 Å². The number of methoxy groups -OCH3 is 1. The van der Waals surface area contributed by atoms with Gasteiger partial charge < -0.3 is 9.47 Å². The monoisotopic (exact) mass is 245 g/mol. The Morgan fingerprint density at radius 3 is 2.35 bits per heavy atom. The molecule has 0 aromatic heterocycles. The van der Waals surface area contributed by atoms with E-state index in [9.17, 15) is 4.79 Å². The molecule has 0 fully saturated rings. The molecule has 0 amide bonds. The third-order valence-corrected chi connectivity index (χ3v) is 2.25. The summed E-state index contributed by atoms with van der Waals surface area (Å²) in [5, 5.41) is 3.24. The van der Waals surface area contributed by atoms with Crippen molar-refractivity contribution >= 4 is 5.97 Å². The van der Waals surface area contributed by atoms with E-state index in [1.165, 1.54) is 0 Å². The average molecular weight is 245 g/mol. The van der Waals surface area contributed by atoms with Gasteiger partial charge in [-0.15, -0.1) is 0 Å². The van der Waals surface area contributed by atoms with Crippen molar-refractivity contribution in [3.8, 4) is 0 Å². The molecule has 0 heterocycles. The Labute approximate surface area is 105 Å². The van der Waals surface area contributed by atoms with Crippen LogP contribution in [-0.2, 0) is 14.3 Å². The molecule has 0 aromatic carbocycles. The number of ether oxygens (including phenoxy) is 2. The van der Waals surface area contributed by atoms with E-state index >= 15 is 0 Å². The maximum atomic E-state index is 11.8. The lowest BCUT2D eigenvalue weighted by Gasteiger charge is -2.25. The van der Waals surface area contributed by atoms with E-state index in [4.69, 9.17) is 9.47 Å². The Morgan fingerprint density at radius 1 is 1.35 bits per heavy atom. The molecule has 2 atom stereocenters. The van der Waals surface area contributed by atoms with Crippen molar-refractivity contribution in [2.45, 2.75) is 65.1 Å². The van der Waals surface area contributed by atoms with Crippen molar-refractivity contribution < 1.29 is 14.3 Å². The number of carbonyl (C=O) groups is 1. The first kappa shape index (κ1) is 16.4. The van der Waals surface area contributed by atoms with Gasteiger partial charge in [0.2, 0.25) is 0 Å². The topological polar surface area (TPSA) is 47.6 Å². The number of carbonyl (C=O) groups excluding carboxylic acids is 1. The fraction of sp³-hybridized carbons (Fsp3) is 0.923. The van der Waals surface area contributed by atoms with Crippen LogP contribution in [0.2, 0.25) is 0 Å². The van der Waals surface area contributed by atoms with Crippen molar-refractivity contribution in [1.82, 2.24) is 5.32 Å². The van der Waals surface area contributed by atoms with Crippen molar-refractivity contribution in [3.05, 3.63) is 0 Å². The van der Waals surface area contributed by atoms with Gasteiger partial charge in [-0.05, 0) is 34.1 Å². The Hall–Kier alpha value is -0.610. The molecule has 17 heavy (non-hydrogen) atoms. The maximum Gasteiger partial charge on any atom is 0.323 e. The Bertz CT molecular complexity index is 217. The molecule has 102 valence electrons. The van der Waals surface area contributed by atoms with Crippen molar-refractivity contribution in [1.29, 1.82) is 0 Å². The zero-order valence-corrected chi connectivity index (χ0v) is 12.0. The summed E-state index contributed by atoms with van der Waals surface area (Å²) in [6.07, 6.45) is 2.04. The van der Waals surface area contributed by atoms with Gasteiger partial charge in [-0.25, -0.2) is 0 Å². The fourth-order valence-corrected chi connectivity index (χ4v) is 1.58. The molecular weight excluding hydrogens is 218 g/mol. The second-order valence-electron chi connectivity index (χ2n) is 5.36. The summed E-state index contributed by atoms with van der Waals surface area (Å²) in [6, 6.07) is -0.103. The molecule has 0 aliphatic rings. The highest BCUT2D eigenvalue weighted by Crippen LogP contribution is 2.09. The second kappa shape index (κ2) is 7.67. The second-order valence-corrected chi connectivity index (χ2v) is 5.36. The zero-order valence-electron chi connectivity index (χ0n) is 12.0. The van der Waals surface area contributed by atoms with Gasteiger partial charge in [0.1, 0.15) is 11.6 Å². The number of hydrogen-bond donors (Lipinski definition) is 1. The highest BCUT2D eigenvalue weighted by molar-refractivity contribution is 5.75. The molecule has 0 saturated carbocycles. The normalized spacial score (nSPS) is 15.4. The van der Waals surface area contributed by atoms with Gasteiger partial charge in [-0.2, -0.15) is 0 Å².